The zero-order chi connectivity index (χ0) is 27.5. The van der Waals surface area contributed by atoms with E-state index >= 15 is 0 Å². The highest BCUT2D eigenvalue weighted by Gasteiger charge is 2.26. The number of nitro groups is 1. The first kappa shape index (κ1) is 26.5. The van der Waals surface area contributed by atoms with Crippen molar-refractivity contribution in [3.63, 3.8) is 0 Å². The minimum absolute atomic E-state index is 0.00424. The lowest BCUT2D eigenvalue weighted by molar-refractivity contribution is -0.384. The summed E-state index contributed by atoms with van der Waals surface area (Å²) in [5.74, 6) is -0.595. The monoisotopic (exact) mass is 562 g/mol. The SMILES string of the molecule is CCOC(=O)c1c(/N=C/c2c(O)c(N=Nc3ccc(Cl)cc3[N+](=O)[O-])cc3ccccc23)sc2c1CCCC2. The summed E-state index contributed by atoms with van der Waals surface area (Å²) in [7, 11) is 0. The van der Waals surface area contributed by atoms with Gasteiger partial charge in [-0.3, -0.25) is 10.1 Å². The van der Waals surface area contributed by atoms with Crippen LogP contribution >= 0.6 is 22.9 Å². The van der Waals surface area contributed by atoms with E-state index in [1.165, 1.54) is 35.8 Å². The molecule has 0 radical (unpaired) electrons. The van der Waals surface area contributed by atoms with Crippen LogP contribution in [0.2, 0.25) is 5.02 Å². The Morgan fingerprint density at radius 3 is 2.72 bits per heavy atom. The zero-order valence-corrected chi connectivity index (χ0v) is 22.5. The Hall–Kier alpha value is -4.15. The number of rotatable bonds is 7. The Morgan fingerprint density at radius 1 is 1.15 bits per heavy atom. The number of esters is 1. The number of phenols is 1. The van der Waals surface area contributed by atoms with Gasteiger partial charge in [0.2, 0.25) is 0 Å². The summed E-state index contributed by atoms with van der Waals surface area (Å²) in [5, 5.41) is 33.0. The molecule has 1 aliphatic carbocycles. The standard InChI is InChI=1S/C28H23ClN4O5S/c1-2-38-28(35)25-19-9-5-6-10-24(19)39-27(25)30-15-20-18-8-4-3-7-16(18)13-22(26(20)34)32-31-21-12-11-17(29)14-23(21)33(36)37/h3-4,7-8,11-15,34H,2,5-6,9-10H2,1H3/b30-15+,32-31?. The molecule has 39 heavy (non-hydrogen) atoms. The average Bonchev–Trinajstić information content (AvgIpc) is 3.30. The number of aliphatic imine (C=N–C) groups is 1. The third-order valence-electron chi connectivity index (χ3n) is 6.38. The molecule has 11 heteroatoms. The molecule has 9 nitrogen and oxygen atoms in total. The van der Waals surface area contributed by atoms with Crippen molar-refractivity contribution in [1.29, 1.82) is 0 Å². The van der Waals surface area contributed by atoms with Crippen molar-refractivity contribution in [2.45, 2.75) is 32.6 Å². The van der Waals surface area contributed by atoms with Crippen LogP contribution < -0.4 is 0 Å². The minimum Gasteiger partial charge on any atom is -0.505 e. The molecular formula is C28H23ClN4O5S. The van der Waals surface area contributed by atoms with E-state index in [9.17, 15) is 20.0 Å². The van der Waals surface area contributed by atoms with Gasteiger partial charge in [-0.15, -0.1) is 21.6 Å². The van der Waals surface area contributed by atoms with Gasteiger partial charge >= 0.3 is 5.97 Å². The Kier molecular flexibility index (Phi) is 7.67. The number of hydrogen-bond acceptors (Lipinski definition) is 9. The second-order valence-corrected chi connectivity index (χ2v) is 10.4. The number of carbonyl (C=O) groups is 1. The molecule has 0 bridgehead atoms. The average molecular weight is 563 g/mol. The van der Waals surface area contributed by atoms with Gasteiger partial charge in [0.05, 0.1) is 17.1 Å². The molecule has 1 heterocycles. The summed E-state index contributed by atoms with van der Waals surface area (Å²) in [6.45, 7) is 2.03. The van der Waals surface area contributed by atoms with Crippen molar-refractivity contribution in [3.05, 3.63) is 85.2 Å². The Morgan fingerprint density at radius 2 is 1.92 bits per heavy atom. The second-order valence-electron chi connectivity index (χ2n) is 8.84. The number of aromatic hydroxyl groups is 1. The summed E-state index contributed by atoms with van der Waals surface area (Å²) < 4.78 is 5.33. The van der Waals surface area contributed by atoms with Gasteiger partial charge in [-0.2, -0.15) is 0 Å². The zero-order valence-electron chi connectivity index (χ0n) is 20.9. The van der Waals surface area contributed by atoms with E-state index in [-0.39, 0.29) is 34.4 Å². The number of phenolic OH excluding ortho intramolecular Hbond substituents is 1. The molecular weight excluding hydrogens is 540 g/mol. The van der Waals surface area contributed by atoms with Crippen LogP contribution in [0, 0.1) is 10.1 Å². The Balaban J connectivity index is 1.60. The van der Waals surface area contributed by atoms with Gasteiger partial charge in [-0.1, -0.05) is 35.9 Å². The summed E-state index contributed by atoms with van der Waals surface area (Å²) in [4.78, 5) is 29.5. The number of halogens is 1. The largest absolute Gasteiger partial charge is 0.505 e. The molecule has 4 aromatic rings. The molecule has 0 atom stereocenters. The normalized spacial score (nSPS) is 13.3. The molecule has 1 aliphatic rings. The molecule has 0 fully saturated rings. The maximum absolute atomic E-state index is 12.8. The van der Waals surface area contributed by atoms with Gasteiger partial charge in [0.1, 0.15) is 10.7 Å². The van der Waals surface area contributed by atoms with Gasteiger partial charge in [-0.25, -0.2) is 9.79 Å². The fourth-order valence-electron chi connectivity index (χ4n) is 4.57. The highest BCUT2D eigenvalue weighted by atomic mass is 35.5. The van der Waals surface area contributed by atoms with E-state index in [0.717, 1.165) is 41.5 Å². The van der Waals surface area contributed by atoms with E-state index in [4.69, 9.17) is 16.3 Å². The number of benzene rings is 3. The van der Waals surface area contributed by atoms with E-state index in [2.05, 4.69) is 15.2 Å². The third-order valence-corrected chi connectivity index (χ3v) is 7.82. The lowest BCUT2D eigenvalue weighted by Crippen LogP contribution is -2.09. The molecule has 0 spiro atoms. The molecule has 3 aromatic carbocycles. The first-order chi connectivity index (χ1) is 18.9. The van der Waals surface area contributed by atoms with Crippen molar-refractivity contribution in [3.8, 4) is 5.75 Å². The lowest BCUT2D eigenvalue weighted by atomic mass is 9.95. The second kappa shape index (κ2) is 11.3. The minimum atomic E-state index is -0.597. The molecule has 5 rings (SSSR count). The van der Waals surface area contributed by atoms with Gasteiger partial charge in [0.15, 0.2) is 11.4 Å². The molecule has 0 saturated heterocycles. The van der Waals surface area contributed by atoms with Crippen LogP contribution in [0.3, 0.4) is 0 Å². The molecule has 0 saturated carbocycles. The highest BCUT2D eigenvalue weighted by molar-refractivity contribution is 7.16. The van der Waals surface area contributed by atoms with Gasteiger partial charge in [0, 0.05) is 27.7 Å². The number of ether oxygens (including phenoxy) is 1. The number of nitrogens with zero attached hydrogens (tertiary/aromatic N) is 4. The van der Waals surface area contributed by atoms with Gasteiger partial charge < -0.3 is 9.84 Å². The smallest absolute Gasteiger partial charge is 0.341 e. The number of carbonyl (C=O) groups excluding carboxylic acids is 1. The van der Waals surface area contributed by atoms with Crippen molar-refractivity contribution in [1.82, 2.24) is 0 Å². The van der Waals surface area contributed by atoms with Crippen molar-refractivity contribution in [2.24, 2.45) is 15.2 Å². The predicted octanol–water partition coefficient (Wildman–Crippen LogP) is 8.39. The first-order valence-corrected chi connectivity index (χ1v) is 13.5. The third kappa shape index (κ3) is 5.39. The van der Waals surface area contributed by atoms with Crippen LogP contribution in [0.5, 0.6) is 5.75 Å². The quantitative estimate of drug-likeness (QED) is 0.0795. The molecule has 0 unspecified atom stereocenters. The van der Waals surface area contributed by atoms with Gasteiger partial charge in [-0.05, 0) is 67.1 Å². The van der Waals surface area contributed by atoms with Crippen molar-refractivity contribution < 1.29 is 19.6 Å². The van der Waals surface area contributed by atoms with Crippen LogP contribution in [-0.4, -0.2) is 28.8 Å². The van der Waals surface area contributed by atoms with Crippen LogP contribution in [0.15, 0.2) is 63.8 Å². The maximum atomic E-state index is 12.8. The lowest BCUT2D eigenvalue weighted by Gasteiger charge is -2.11. The van der Waals surface area contributed by atoms with E-state index in [1.54, 1.807) is 13.0 Å². The molecule has 0 aliphatic heterocycles. The van der Waals surface area contributed by atoms with Crippen molar-refractivity contribution in [2.75, 3.05) is 6.61 Å². The van der Waals surface area contributed by atoms with Gasteiger partial charge in [0.25, 0.3) is 5.69 Å². The van der Waals surface area contributed by atoms with E-state index in [1.807, 2.05) is 24.3 Å². The fraction of sp³-hybridized carbons (Fsp3) is 0.214. The number of fused-ring (bicyclic) bond motifs is 2. The fourth-order valence-corrected chi connectivity index (χ4v) is 5.96. The number of aryl methyl sites for hydroxylation is 1. The van der Waals surface area contributed by atoms with Crippen LogP contribution in [-0.2, 0) is 17.6 Å². The maximum Gasteiger partial charge on any atom is 0.341 e. The topological polar surface area (TPSA) is 127 Å². The van der Waals surface area contributed by atoms with E-state index in [0.29, 0.717) is 21.5 Å². The number of hydrogen-bond donors (Lipinski definition) is 1. The molecule has 1 N–H and O–H groups in total. The summed E-state index contributed by atoms with van der Waals surface area (Å²) >= 11 is 7.36. The number of azo groups is 1. The predicted molar refractivity (Wildman–Crippen MR) is 152 cm³/mol. The number of nitro benzene ring substituents is 1. The summed E-state index contributed by atoms with van der Waals surface area (Å²) in [6, 6.07) is 13.1. The first-order valence-electron chi connectivity index (χ1n) is 12.3. The summed E-state index contributed by atoms with van der Waals surface area (Å²) in [5.41, 5.74) is 1.67. The van der Waals surface area contributed by atoms with E-state index < -0.39 is 10.9 Å². The Labute approximate surface area is 232 Å². The Bertz CT molecular complexity index is 1660. The van der Waals surface area contributed by atoms with Crippen molar-refractivity contribution >= 4 is 68.0 Å². The molecule has 0 amide bonds. The molecule has 198 valence electrons. The molecule has 1 aromatic heterocycles. The van der Waals surface area contributed by atoms with Crippen LogP contribution in [0.25, 0.3) is 10.8 Å². The van der Waals surface area contributed by atoms with Crippen LogP contribution in [0.4, 0.5) is 22.1 Å². The highest BCUT2D eigenvalue weighted by Crippen LogP contribution is 2.42. The summed E-state index contributed by atoms with van der Waals surface area (Å²) in [6.07, 6.45) is 5.27. The number of thiophene rings is 1. The van der Waals surface area contributed by atoms with Crippen LogP contribution in [0.1, 0.15) is 46.1 Å².